The first-order chi connectivity index (χ1) is 27.9. The smallest absolute Gasteiger partial charge is 0.408 e. The van der Waals surface area contributed by atoms with Gasteiger partial charge in [0.25, 0.3) is 5.91 Å². The lowest BCUT2D eigenvalue weighted by Crippen LogP contribution is -2.60. The normalized spacial score (nSPS) is 26.8. The number of cyclic esters (lactones) is 1. The predicted molar refractivity (Wildman–Crippen MR) is 223 cm³/mol. The van der Waals surface area contributed by atoms with Crippen molar-refractivity contribution in [2.24, 2.45) is 11.3 Å². The highest BCUT2D eigenvalue weighted by Gasteiger charge is 2.62. The van der Waals surface area contributed by atoms with Crippen LogP contribution >= 0.6 is 0 Å². The van der Waals surface area contributed by atoms with Gasteiger partial charge in [0.1, 0.15) is 35.0 Å². The van der Waals surface area contributed by atoms with Crippen molar-refractivity contribution in [1.82, 2.24) is 30.2 Å². The lowest BCUT2D eigenvalue weighted by Gasteiger charge is -2.36. The van der Waals surface area contributed by atoms with Gasteiger partial charge in [0.2, 0.25) is 27.7 Å². The van der Waals surface area contributed by atoms with Gasteiger partial charge in [-0.05, 0) is 81.9 Å². The van der Waals surface area contributed by atoms with Crippen molar-refractivity contribution in [1.29, 1.82) is 0 Å². The molecule has 5 atom stereocenters. The Morgan fingerprint density at radius 3 is 2.46 bits per heavy atom. The standard InChI is InChI=1S/C44H54N6O8S/c1-7-29-25-44(29,40(53)49-59(55,56)31-19-20-31)48-37(51)34-24-30-26-50(34)39(52)36(42(2,3)4)47-41(54)58-43(5,6)22-14-9-8-11-15-27-18-21-32-33(23-27)46-38(57-30)35(45-32)28-16-12-10-13-17-28/h7,10-13,15-18,21,23,29-31,34,36H,1,8-9,14,19-20,22,24-26H2,2-6H3,(H,47,54)(H,48,51)(H,49,53)/b15-11-/t29-,30-,34+,36-,44+/m1/s1. The molecule has 4 aliphatic rings. The maximum atomic E-state index is 14.8. The highest BCUT2D eigenvalue weighted by atomic mass is 32.2. The number of hydrogen-bond donors (Lipinski definition) is 3. The largest absolute Gasteiger partial charge is 0.471 e. The van der Waals surface area contributed by atoms with Crippen LogP contribution in [0.5, 0.6) is 5.88 Å². The van der Waals surface area contributed by atoms with Crippen molar-refractivity contribution in [3.63, 3.8) is 0 Å². The van der Waals surface area contributed by atoms with E-state index in [0.717, 1.165) is 30.4 Å². The molecule has 2 aromatic carbocycles. The number of ether oxygens (including phenoxy) is 2. The van der Waals surface area contributed by atoms with E-state index in [1.54, 1.807) is 20.8 Å². The van der Waals surface area contributed by atoms with Gasteiger partial charge in [0.15, 0.2) is 0 Å². The molecular weight excluding hydrogens is 773 g/mol. The van der Waals surface area contributed by atoms with E-state index in [1.165, 1.54) is 11.0 Å². The highest BCUT2D eigenvalue weighted by Crippen LogP contribution is 2.46. The number of nitrogens with zero attached hydrogens (tertiary/aromatic N) is 3. The molecule has 2 aliphatic carbocycles. The Morgan fingerprint density at radius 2 is 1.78 bits per heavy atom. The zero-order valence-corrected chi connectivity index (χ0v) is 35.1. The van der Waals surface area contributed by atoms with E-state index in [9.17, 15) is 27.6 Å². The van der Waals surface area contributed by atoms with Crippen molar-refractivity contribution in [3.8, 4) is 17.1 Å². The third kappa shape index (κ3) is 9.29. The van der Waals surface area contributed by atoms with E-state index in [-0.39, 0.29) is 25.3 Å². The van der Waals surface area contributed by atoms with Crippen LogP contribution in [0.3, 0.4) is 0 Å². The van der Waals surface area contributed by atoms with Crippen molar-refractivity contribution >= 4 is 50.9 Å². The number of benzene rings is 2. The van der Waals surface area contributed by atoms with Gasteiger partial charge in [-0.2, -0.15) is 0 Å². The van der Waals surface area contributed by atoms with E-state index in [4.69, 9.17) is 19.4 Å². The van der Waals surface area contributed by atoms with E-state index in [1.807, 2.05) is 68.5 Å². The molecule has 15 heteroatoms. The van der Waals surface area contributed by atoms with Crippen LogP contribution in [-0.4, -0.2) is 88.2 Å². The Hall–Kier alpha value is -5.31. The number of sulfonamides is 1. The van der Waals surface area contributed by atoms with Gasteiger partial charge in [-0.25, -0.2) is 23.2 Å². The number of rotatable bonds is 7. The molecule has 5 bridgehead atoms. The molecule has 2 aliphatic heterocycles. The minimum atomic E-state index is -3.92. The Bertz CT molecular complexity index is 2290. The molecule has 3 fully saturated rings. The summed E-state index contributed by atoms with van der Waals surface area (Å²) in [6.45, 7) is 12.8. The number of hydrogen-bond acceptors (Lipinski definition) is 10. The van der Waals surface area contributed by atoms with Crippen LogP contribution in [0.15, 0.2) is 67.3 Å². The minimum Gasteiger partial charge on any atom is -0.471 e. The third-order valence-corrected chi connectivity index (χ3v) is 13.4. The molecule has 1 saturated heterocycles. The number of allylic oxidation sites excluding steroid dienone is 1. The maximum Gasteiger partial charge on any atom is 0.408 e. The average Bonchev–Trinajstić information content (AvgIpc) is 4.11. The number of aromatic nitrogens is 2. The Morgan fingerprint density at radius 1 is 1.03 bits per heavy atom. The fraction of sp³-hybridized carbons (Fsp3) is 0.500. The Labute approximate surface area is 345 Å². The Kier molecular flexibility index (Phi) is 11.4. The molecule has 14 nitrogen and oxygen atoms in total. The minimum absolute atomic E-state index is 0.0144. The van der Waals surface area contributed by atoms with Gasteiger partial charge in [-0.15, -0.1) is 6.58 Å². The van der Waals surface area contributed by atoms with Crippen LogP contribution in [-0.2, 0) is 29.1 Å². The molecule has 3 heterocycles. The molecular formula is C44H54N6O8S. The summed E-state index contributed by atoms with van der Waals surface area (Å²) in [5.41, 5.74) is 0.169. The van der Waals surface area contributed by atoms with Crippen molar-refractivity contribution in [2.75, 3.05) is 6.54 Å². The van der Waals surface area contributed by atoms with Gasteiger partial charge in [-0.3, -0.25) is 19.1 Å². The number of carbonyl (C=O) groups is 4. The monoisotopic (exact) mass is 826 g/mol. The lowest BCUT2D eigenvalue weighted by atomic mass is 9.85. The van der Waals surface area contributed by atoms with Gasteiger partial charge >= 0.3 is 6.09 Å². The number of nitrogens with one attached hydrogen (secondary N) is 3. The van der Waals surface area contributed by atoms with Gasteiger partial charge in [0, 0.05) is 17.9 Å². The van der Waals surface area contributed by atoms with Crippen LogP contribution in [0, 0.1) is 11.3 Å². The summed E-state index contributed by atoms with van der Waals surface area (Å²) in [4.78, 5) is 67.9. The summed E-state index contributed by atoms with van der Waals surface area (Å²) in [6.07, 6.45) is 8.18. The molecule has 0 radical (unpaired) electrons. The van der Waals surface area contributed by atoms with Crippen LogP contribution in [0.4, 0.5) is 4.79 Å². The van der Waals surface area contributed by atoms with Gasteiger partial charge < -0.3 is 25.0 Å². The van der Waals surface area contributed by atoms with E-state index >= 15 is 0 Å². The summed E-state index contributed by atoms with van der Waals surface area (Å²) in [7, 11) is -3.92. The molecule has 3 N–H and O–H groups in total. The fourth-order valence-electron chi connectivity index (χ4n) is 7.87. The first-order valence-corrected chi connectivity index (χ1v) is 21.9. The zero-order chi connectivity index (χ0) is 42.3. The predicted octanol–water partition coefficient (Wildman–Crippen LogP) is 5.82. The van der Waals surface area contributed by atoms with Gasteiger partial charge in [-0.1, -0.05) is 75.4 Å². The topological polar surface area (TPSA) is 186 Å². The second kappa shape index (κ2) is 16.0. The van der Waals surface area contributed by atoms with E-state index in [0.29, 0.717) is 36.0 Å². The molecule has 7 rings (SSSR count). The summed E-state index contributed by atoms with van der Waals surface area (Å²) in [5.74, 6) is -2.41. The maximum absolute atomic E-state index is 14.8. The lowest BCUT2D eigenvalue weighted by molar-refractivity contribution is -0.143. The molecule has 3 aromatic rings. The SMILES string of the molecule is C=C[C@@H]1C[C@@]1(NC(=O)[C@@H]1C[C@@H]2CN1C(=O)[C@H](C(C)(C)C)NC(=O)OC(C)(C)CCCC/C=C\c1ccc3nc(-c4ccccc4)c(nc3c1)O2)C(=O)NS(=O)(=O)C1CC1. The summed E-state index contributed by atoms with van der Waals surface area (Å²) in [6, 6.07) is 13.0. The molecule has 4 amide bonds. The molecule has 0 spiro atoms. The number of carbonyl (C=O) groups excluding carboxylic acids is 4. The molecule has 314 valence electrons. The van der Waals surface area contributed by atoms with E-state index in [2.05, 4.69) is 28.0 Å². The second-order valence-corrected chi connectivity index (χ2v) is 19.9. The molecule has 0 unspecified atom stereocenters. The molecule has 59 heavy (non-hydrogen) atoms. The summed E-state index contributed by atoms with van der Waals surface area (Å²) >= 11 is 0. The van der Waals surface area contributed by atoms with Crippen LogP contribution in [0.25, 0.3) is 28.4 Å². The third-order valence-electron chi connectivity index (χ3n) is 11.5. The van der Waals surface area contributed by atoms with Crippen molar-refractivity contribution < 1.29 is 37.1 Å². The van der Waals surface area contributed by atoms with E-state index < -0.39 is 79.7 Å². The summed E-state index contributed by atoms with van der Waals surface area (Å²) in [5, 5.41) is 4.98. The first kappa shape index (κ1) is 41.8. The Balaban J connectivity index is 1.27. The van der Waals surface area contributed by atoms with Crippen LogP contribution in [0.2, 0.25) is 0 Å². The number of alkyl carbamates (subject to hydrolysis) is 1. The van der Waals surface area contributed by atoms with Crippen molar-refractivity contribution in [2.45, 2.75) is 121 Å². The summed E-state index contributed by atoms with van der Waals surface area (Å²) < 4.78 is 40.4. The average molecular weight is 827 g/mol. The number of amides is 4. The number of fused-ring (bicyclic) bond motifs is 4. The fourth-order valence-corrected chi connectivity index (χ4v) is 9.24. The van der Waals surface area contributed by atoms with Crippen LogP contribution in [0.1, 0.15) is 91.5 Å². The van der Waals surface area contributed by atoms with Crippen molar-refractivity contribution in [3.05, 3.63) is 72.8 Å². The first-order valence-electron chi connectivity index (χ1n) is 20.4. The zero-order valence-electron chi connectivity index (χ0n) is 34.3. The second-order valence-electron chi connectivity index (χ2n) is 17.9. The quantitative estimate of drug-likeness (QED) is 0.245. The van der Waals surface area contributed by atoms with Gasteiger partial charge in [0.05, 0.1) is 22.8 Å². The molecule has 1 aromatic heterocycles. The molecule has 2 saturated carbocycles. The van der Waals surface area contributed by atoms with Crippen LogP contribution < -0.4 is 20.1 Å². The highest BCUT2D eigenvalue weighted by molar-refractivity contribution is 7.91.